The van der Waals surface area contributed by atoms with Gasteiger partial charge >= 0.3 is 0 Å². The summed E-state index contributed by atoms with van der Waals surface area (Å²) < 4.78 is 0. The van der Waals surface area contributed by atoms with Gasteiger partial charge in [-0.05, 0) is 6.92 Å². The second-order valence-corrected chi connectivity index (χ2v) is 1.92. The average Bonchev–Trinajstić information content (AvgIpc) is 1.99. The molecule has 0 saturated heterocycles. The Morgan fingerprint density at radius 2 is 2.40 bits per heavy atom. The molecule has 0 amide bonds. The van der Waals surface area contributed by atoms with Gasteiger partial charge in [0.05, 0.1) is 13.2 Å². The highest BCUT2D eigenvalue weighted by atomic mass is 16.3. The van der Waals surface area contributed by atoms with Crippen molar-refractivity contribution in [2.45, 2.75) is 13.0 Å². The van der Waals surface area contributed by atoms with Gasteiger partial charge in [-0.2, -0.15) is 0 Å². The smallest absolute Gasteiger partial charge is 0.0597 e. The Kier molecular flexibility index (Phi) is 6.19. The van der Waals surface area contributed by atoms with E-state index in [2.05, 4.69) is 17.2 Å². The highest BCUT2D eigenvalue weighted by Gasteiger charge is 1.99. The predicted octanol–water partition coefficient (Wildman–Crippen LogP) is -1.08. The zero-order valence-corrected chi connectivity index (χ0v) is 6.22. The third-order valence-electron chi connectivity index (χ3n) is 1.16. The SMILES string of the molecule is CC#CCNC(CN)CO. The van der Waals surface area contributed by atoms with Crippen LogP contribution in [0.5, 0.6) is 0 Å². The Balaban J connectivity index is 3.31. The standard InChI is InChI=1S/C7H14N2O/c1-2-3-4-9-7(5-8)6-10/h7,9-10H,4-6,8H2,1H3. The minimum Gasteiger partial charge on any atom is -0.395 e. The van der Waals surface area contributed by atoms with Crippen LogP contribution in [0.4, 0.5) is 0 Å². The molecule has 4 N–H and O–H groups in total. The van der Waals surface area contributed by atoms with Gasteiger partial charge in [0, 0.05) is 12.6 Å². The van der Waals surface area contributed by atoms with E-state index in [0.717, 1.165) is 0 Å². The van der Waals surface area contributed by atoms with Gasteiger partial charge in [0.15, 0.2) is 0 Å². The Morgan fingerprint density at radius 3 is 2.80 bits per heavy atom. The number of aliphatic hydroxyl groups is 1. The van der Waals surface area contributed by atoms with Crippen LogP contribution in [-0.2, 0) is 0 Å². The van der Waals surface area contributed by atoms with E-state index in [1.165, 1.54) is 0 Å². The van der Waals surface area contributed by atoms with Crippen molar-refractivity contribution < 1.29 is 5.11 Å². The lowest BCUT2D eigenvalue weighted by molar-refractivity contribution is 0.249. The molecular weight excluding hydrogens is 128 g/mol. The first-order valence-electron chi connectivity index (χ1n) is 3.29. The summed E-state index contributed by atoms with van der Waals surface area (Å²) in [4.78, 5) is 0. The lowest BCUT2D eigenvalue weighted by Crippen LogP contribution is -2.39. The molecule has 0 aromatic rings. The summed E-state index contributed by atoms with van der Waals surface area (Å²) in [6, 6.07) is -0.0131. The Labute approximate surface area is 61.6 Å². The first-order valence-corrected chi connectivity index (χ1v) is 3.29. The fourth-order valence-electron chi connectivity index (χ4n) is 0.506. The van der Waals surface area contributed by atoms with E-state index >= 15 is 0 Å². The van der Waals surface area contributed by atoms with E-state index in [1.54, 1.807) is 6.92 Å². The normalized spacial score (nSPS) is 11.9. The average molecular weight is 142 g/mol. The van der Waals surface area contributed by atoms with Crippen LogP contribution in [0.1, 0.15) is 6.92 Å². The molecule has 10 heavy (non-hydrogen) atoms. The number of rotatable bonds is 4. The summed E-state index contributed by atoms with van der Waals surface area (Å²) in [6.07, 6.45) is 0. The lowest BCUT2D eigenvalue weighted by atomic mass is 10.3. The number of hydrogen-bond acceptors (Lipinski definition) is 3. The molecular formula is C7H14N2O. The first-order chi connectivity index (χ1) is 4.85. The molecule has 0 aromatic heterocycles. The van der Waals surface area contributed by atoms with Crippen LogP contribution >= 0.6 is 0 Å². The maximum atomic E-state index is 8.63. The fourth-order valence-corrected chi connectivity index (χ4v) is 0.506. The second-order valence-electron chi connectivity index (χ2n) is 1.92. The summed E-state index contributed by atoms with van der Waals surface area (Å²) in [5, 5.41) is 11.6. The quantitative estimate of drug-likeness (QED) is 0.438. The van der Waals surface area contributed by atoms with Crippen molar-refractivity contribution >= 4 is 0 Å². The topological polar surface area (TPSA) is 58.3 Å². The summed E-state index contributed by atoms with van der Waals surface area (Å²) >= 11 is 0. The van der Waals surface area contributed by atoms with Crippen LogP contribution in [0.2, 0.25) is 0 Å². The van der Waals surface area contributed by atoms with Crippen molar-refractivity contribution in [3.05, 3.63) is 0 Å². The molecule has 3 nitrogen and oxygen atoms in total. The molecule has 0 radical (unpaired) electrons. The van der Waals surface area contributed by atoms with Gasteiger partial charge < -0.3 is 10.8 Å². The van der Waals surface area contributed by atoms with E-state index in [9.17, 15) is 0 Å². The van der Waals surface area contributed by atoms with E-state index in [0.29, 0.717) is 13.1 Å². The van der Waals surface area contributed by atoms with Crippen LogP contribution < -0.4 is 11.1 Å². The molecule has 0 heterocycles. The maximum Gasteiger partial charge on any atom is 0.0597 e. The molecule has 0 aliphatic heterocycles. The van der Waals surface area contributed by atoms with Gasteiger partial charge in [-0.15, -0.1) is 5.92 Å². The number of hydrogen-bond donors (Lipinski definition) is 3. The summed E-state index contributed by atoms with van der Waals surface area (Å²) in [7, 11) is 0. The third kappa shape index (κ3) is 4.33. The van der Waals surface area contributed by atoms with Crippen molar-refractivity contribution in [2.75, 3.05) is 19.7 Å². The zero-order valence-electron chi connectivity index (χ0n) is 6.22. The Bertz CT molecular complexity index is 121. The molecule has 0 aliphatic carbocycles. The van der Waals surface area contributed by atoms with Crippen molar-refractivity contribution in [1.29, 1.82) is 0 Å². The van der Waals surface area contributed by atoms with Crippen molar-refractivity contribution in [3.8, 4) is 11.8 Å². The fraction of sp³-hybridized carbons (Fsp3) is 0.714. The maximum absolute atomic E-state index is 8.63. The molecule has 1 unspecified atom stereocenters. The van der Waals surface area contributed by atoms with Crippen LogP contribution in [-0.4, -0.2) is 30.8 Å². The summed E-state index contributed by atoms with van der Waals surface area (Å²) in [5.74, 6) is 5.56. The molecule has 3 heteroatoms. The third-order valence-corrected chi connectivity index (χ3v) is 1.16. The number of nitrogens with one attached hydrogen (secondary N) is 1. The highest BCUT2D eigenvalue weighted by Crippen LogP contribution is 1.74. The molecule has 0 saturated carbocycles. The van der Waals surface area contributed by atoms with Crippen molar-refractivity contribution in [3.63, 3.8) is 0 Å². The predicted molar refractivity (Wildman–Crippen MR) is 41.4 cm³/mol. The molecule has 0 fully saturated rings. The lowest BCUT2D eigenvalue weighted by Gasteiger charge is -2.10. The zero-order chi connectivity index (χ0) is 7.82. The summed E-state index contributed by atoms with van der Waals surface area (Å²) in [6.45, 7) is 2.89. The first kappa shape index (κ1) is 9.44. The van der Waals surface area contributed by atoms with Gasteiger partial charge in [-0.3, -0.25) is 5.32 Å². The van der Waals surface area contributed by atoms with E-state index in [-0.39, 0.29) is 12.6 Å². The molecule has 0 spiro atoms. The summed E-state index contributed by atoms with van der Waals surface area (Å²) in [5.41, 5.74) is 5.29. The second kappa shape index (κ2) is 6.56. The van der Waals surface area contributed by atoms with Gasteiger partial charge in [0.2, 0.25) is 0 Å². The molecule has 0 rings (SSSR count). The van der Waals surface area contributed by atoms with Crippen LogP contribution in [0.25, 0.3) is 0 Å². The molecule has 0 aromatic carbocycles. The van der Waals surface area contributed by atoms with Gasteiger partial charge in [0.25, 0.3) is 0 Å². The van der Waals surface area contributed by atoms with Gasteiger partial charge in [0.1, 0.15) is 0 Å². The van der Waals surface area contributed by atoms with Crippen LogP contribution in [0.3, 0.4) is 0 Å². The van der Waals surface area contributed by atoms with Crippen LogP contribution in [0.15, 0.2) is 0 Å². The molecule has 1 atom stereocenters. The Hall–Kier alpha value is -0.560. The van der Waals surface area contributed by atoms with Gasteiger partial charge in [-0.1, -0.05) is 5.92 Å². The highest BCUT2D eigenvalue weighted by molar-refractivity contribution is 4.97. The van der Waals surface area contributed by atoms with Crippen LogP contribution in [0, 0.1) is 11.8 Å². The van der Waals surface area contributed by atoms with E-state index in [4.69, 9.17) is 10.8 Å². The monoisotopic (exact) mass is 142 g/mol. The minimum atomic E-state index is -0.0131. The van der Waals surface area contributed by atoms with E-state index in [1.807, 2.05) is 0 Å². The molecule has 58 valence electrons. The molecule has 0 bridgehead atoms. The van der Waals surface area contributed by atoms with Gasteiger partial charge in [-0.25, -0.2) is 0 Å². The number of aliphatic hydroxyl groups excluding tert-OH is 1. The van der Waals surface area contributed by atoms with E-state index < -0.39 is 0 Å². The number of nitrogens with two attached hydrogens (primary N) is 1. The Morgan fingerprint density at radius 1 is 1.70 bits per heavy atom. The molecule has 0 aliphatic rings. The largest absolute Gasteiger partial charge is 0.395 e. The van der Waals surface area contributed by atoms with Crippen molar-refractivity contribution in [1.82, 2.24) is 5.32 Å². The minimum absolute atomic E-state index is 0.0131. The van der Waals surface area contributed by atoms with Crippen molar-refractivity contribution in [2.24, 2.45) is 5.73 Å².